The van der Waals surface area contributed by atoms with Crippen LogP contribution in [0.2, 0.25) is 0 Å². The Morgan fingerprint density at radius 3 is 2.83 bits per heavy atom. The third-order valence-corrected chi connectivity index (χ3v) is 5.62. The quantitative estimate of drug-likeness (QED) is 0.939. The highest BCUT2D eigenvalue weighted by Gasteiger charge is 2.23. The van der Waals surface area contributed by atoms with Crippen molar-refractivity contribution in [3.63, 3.8) is 0 Å². The highest BCUT2D eigenvalue weighted by atomic mass is 15.3. The van der Waals surface area contributed by atoms with Crippen molar-refractivity contribution < 1.29 is 0 Å². The van der Waals surface area contributed by atoms with Crippen molar-refractivity contribution in [2.45, 2.75) is 76.9 Å². The molecule has 5 nitrogen and oxygen atoms in total. The van der Waals surface area contributed by atoms with Crippen LogP contribution in [0.1, 0.15) is 67.2 Å². The Bertz CT molecular complexity index is 693. The summed E-state index contributed by atoms with van der Waals surface area (Å²) in [6.45, 7) is 4.06. The van der Waals surface area contributed by atoms with Gasteiger partial charge in [-0.05, 0) is 26.2 Å². The maximum absolute atomic E-state index is 4.80. The number of nitrogens with zero attached hydrogens (tertiary/aromatic N) is 4. The summed E-state index contributed by atoms with van der Waals surface area (Å²) in [6.07, 6.45) is 13.4. The highest BCUT2D eigenvalue weighted by molar-refractivity contribution is 5.22. The minimum absolute atomic E-state index is 0.533. The van der Waals surface area contributed by atoms with Crippen LogP contribution in [-0.4, -0.2) is 25.4 Å². The van der Waals surface area contributed by atoms with E-state index in [-0.39, 0.29) is 0 Å². The predicted octanol–water partition coefficient (Wildman–Crippen LogP) is 3.08. The molecule has 2 aromatic heterocycles. The van der Waals surface area contributed by atoms with Crippen LogP contribution in [0.5, 0.6) is 0 Å². The van der Waals surface area contributed by atoms with E-state index in [2.05, 4.69) is 41.2 Å². The van der Waals surface area contributed by atoms with Crippen LogP contribution < -0.4 is 5.32 Å². The standard InChI is InChI=1S/C19H29N5/c1-14-11-24-13-17(8-9-18(24)21-14)20-10-16-12-23(2)22-19(16)15-6-4-3-5-7-15/h11-12,15,17,20H,3-10,13H2,1-2H3. The number of rotatable bonds is 4. The minimum atomic E-state index is 0.533. The normalized spacial score (nSPS) is 21.8. The molecule has 0 radical (unpaired) electrons. The molecule has 130 valence electrons. The zero-order valence-corrected chi connectivity index (χ0v) is 15.0. The van der Waals surface area contributed by atoms with Crippen molar-refractivity contribution in [3.8, 4) is 0 Å². The van der Waals surface area contributed by atoms with Gasteiger partial charge in [0.15, 0.2) is 0 Å². The molecule has 2 aliphatic rings. The first-order valence-corrected chi connectivity index (χ1v) is 9.47. The average Bonchev–Trinajstić information content (AvgIpc) is 3.14. The van der Waals surface area contributed by atoms with Crippen molar-refractivity contribution in [1.82, 2.24) is 24.6 Å². The second-order valence-electron chi connectivity index (χ2n) is 7.62. The lowest BCUT2D eigenvalue weighted by Gasteiger charge is -2.25. The van der Waals surface area contributed by atoms with E-state index in [1.54, 1.807) is 0 Å². The topological polar surface area (TPSA) is 47.7 Å². The molecular formula is C19H29N5. The van der Waals surface area contributed by atoms with Gasteiger partial charge in [-0.15, -0.1) is 0 Å². The van der Waals surface area contributed by atoms with E-state index in [0.29, 0.717) is 12.0 Å². The molecule has 0 aromatic carbocycles. The van der Waals surface area contributed by atoms with Gasteiger partial charge in [0, 0.05) is 56.5 Å². The Morgan fingerprint density at radius 1 is 1.17 bits per heavy atom. The molecule has 1 atom stereocenters. The summed E-state index contributed by atoms with van der Waals surface area (Å²) in [5.74, 6) is 1.92. The lowest BCUT2D eigenvalue weighted by atomic mass is 9.85. The van der Waals surface area contributed by atoms with Gasteiger partial charge in [-0.25, -0.2) is 4.98 Å². The summed E-state index contributed by atoms with van der Waals surface area (Å²) in [6, 6.07) is 0.533. The number of nitrogens with one attached hydrogen (secondary N) is 1. The summed E-state index contributed by atoms with van der Waals surface area (Å²) >= 11 is 0. The number of aromatic nitrogens is 4. The van der Waals surface area contributed by atoms with Crippen molar-refractivity contribution in [3.05, 3.63) is 35.2 Å². The fraction of sp³-hybridized carbons (Fsp3) is 0.684. The lowest BCUT2D eigenvalue weighted by Crippen LogP contribution is -2.37. The largest absolute Gasteiger partial charge is 0.333 e. The summed E-state index contributed by atoms with van der Waals surface area (Å²) < 4.78 is 4.32. The number of aryl methyl sites for hydroxylation is 3. The van der Waals surface area contributed by atoms with Gasteiger partial charge >= 0.3 is 0 Å². The summed E-state index contributed by atoms with van der Waals surface area (Å²) in [7, 11) is 2.05. The molecule has 0 saturated heterocycles. The number of imidazole rings is 1. The van der Waals surface area contributed by atoms with Gasteiger partial charge < -0.3 is 9.88 Å². The zero-order chi connectivity index (χ0) is 16.5. The SMILES string of the molecule is Cc1cn2c(n1)CCC(NCc1cn(C)nc1C1CCCCC1)C2. The zero-order valence-electron chi connectivity index (χ0n) is 15.0. The van der Waals surface area contributed by atoms with Crippen molar-refractivity contribution in [2.24, 2.45) is 7.05 Å². The van der Waals surface area contributed by atoms with E-state index < -0.39 is 0 Å². The van der Waals surface area contributed by atoms with Crippen LogP contribution in [0.3, 0.4) is 0 Å². The molecular weight excluding hydrogens is 298 g/mol. The van der Waals surface area contributed by atoms with E-state index in [1.165, 1.54) is 55.6 Å². The van der Waals surface area contributed by atoms with Gasteiger partial charge in [-0.1, -0.05) is 19.3 Å². The molecule has 0 amide bonds. The first-order chi connectivity index (χ1) is 11.7. The third-order valence-electron chi connectivity index (χ3n) is 5.62. The minimum Gasteiger partial charge on any atom is -0.333 e. The van der Waals surface area contributed by atoms with Gasteiger partial charge in [-0.3, -0.25) is 4.68 Å². The van der Waals surface area contributed by atoms with E-state index in [9.17, 15) is 0 Å². The van der Waals surface area contributed by atoms with Crippen molar-refractivity contribution in [2.75, 3.05) is 0 Å². The van der Waals surface area contributed by atoms with Gasteiger partial charge in [0.05, 0.1) is 11.4 Å². The van der Waals surface area contributed by atoms with E-state index in [4.69, 9.17) is 5.10 Å². The lowest BCUT2D eigenvalue weighted by molar-refractivity contribution is 0.376. The second-order valence-corrected chi connectivity index (χ2v) is 7.62. The molecule has 1 saturated carbocycles. The summed E-state index contributed by atoms with van der Waals surface area (Å²) in [4.78, 5) is 4.60. The van der Waals surface area contributed by atoms with Crippen LogP contribution in [0.15, 0.2) is 12.4 Å². The number of hydrogen-bond donors (Lipinski definition) is 1. The fourth-order valence-corrected chi connectivity index (χ4v) is 4.42. The maximum Gasteiger partial charge on any atom is 0.109 e. The number of hydrogen-bond acceptors (Lipinski definition) is 3. The van der Waals surface area contributed by atoms with Crippen LogP contribution in [-0.2, 0) is 26.6 Å². The Balaban J connectivity index is 1.41. The van der Waals surface area contributed by atoms with Crippen molar-refractivity contribution >= 4 is 0 Å². The first kappa shape index (κ1) is 15.9. The fourth-order valence-electron chi connectivity index (χ4n) is 4.42. The Labute approximate surface area is 144 Å². The van der Waals surface area contributed by atoms with Crippen LogP contribution >= 0.6 is 0 Å². The summed E-state index contributed by atoms with van der Waals surface area (Å²) in [5, 5.41) is 8.58. The highest BCUT2D eigenvalue weighted by Crippen LogP contribution is 2.33. The smallest absolute Gasteiger partial charge is 0.109 e. The first-order valence-electron chi connectivity index (χ1n) is 9.47. The molecule has 0 bridgehead atoms. The molecule has 1 unspecified atom stereocenters. The third kappa shape index (κ3) is 3.27. The van der Waals surface area contributed by atoms with Crippen LogP contribution in [0, 0.1) is 6.92 Å². The molecule has 2 aromatic rings. The molecule has 0 spiro atoms. The number of fused-ring (bicyclic) bond motifs is 1. The van der Waals surface area contributed by atoms with E-state index in [0.717, 1.165) is 25.2 Å². The van der Waals surface area contributed by atoms with E-state index in [1.807, 2.05) is 4.68 Å². The van der Waals surface area contributed by atoms with Crippen LogP contribution in [0.25, 0.3) is 0 Å². The van der Waals surface area contributed by atoms with Crippen LogP contribution in [0.4, 0.5) is 0 Å². The van der Waals surface area contributed by atoms with Crippen molar-refractivity contribution in [1.29, 1.82) is 0 Å². The molecule has 3 heterocycles. The molecule has 24 heavy (non-hydrogen) atoms. The molecule has 1 fully saturated rings. The Morgan fingerprint density at radius 2 is 2.00 bits per heavy atom. The molecule has 4 rings (SSSR count). The van der Waals surface area contributed by atoms with Gasteiger partial charge in [0.2, 0.25) is 0 Å². The Kier molecular flexibility index (Phi) is 4.44. The van der Waals surface area contributed by atoms with Gasteiger partial charge in [0.25, 0.3) is 0 Å². The molecule has 5 heteroatoms. The molecule has 1 aliphatic carbocycles. The molecule has 1 N–H and O–H groups in total. The summed E-state index contributed by atoms with van der Waals surface area (Å²) in [5.41, 5.74) is 3.88. The molecule has 1 aliphatic heterocycles. The van der Waals surface area contributed by atoms with E-state index >= 15 is 0 Å². The van der Waals surface area contributed by atoms with Gasteiger partial charge in [-0.2, -0.15) is 5.10 Å². The average molecular weight is 327 g/mol. The maximum atomic E-state index is 4.80. The monoisotopic (exact) mass is 327 g/mol. The van der Waals surface area contributed by atoms with Gasteiger partial charge in [0.1, 0.15) is 5.82 Å². The Hall–Kier alpha value is -1.62. The predicted molar refractivity (Wildman–Crippen MR) is 94.9 cm³/mol. The second kappa shape index (κ2) is 6.71.